The van der Waals surface area contributed by atoms with E-state index in [0.29, 0.717) is 5.88 Å². The summed E-state index contributed by atoms with van der Waals surface area (Å²) in [5.74, 6) is 0.568. The number of ether oxygens (including phenoxy) is 1. The second-order valence-corrected chi connectivity index (χ2v) is 3.14. The van der Waals surface area contributed by atoms with Crippen molar-refractivity contribution >= 4 is 11.6 Å². The van der Waals surface area contributed by atoms with Crippen LogP contribution in [0, 0.1) is 0 Å². The molecule has 0 saturated carbocycles. The number of pyridine rings is 1. The third kappa shape index (κ3) is 2.22. The predicted molar refractivity (Wildman–Crippen MR) is 56.8 cm³/mol. The van der Waals surface area contributed by atoms with Gasteiger partial charge in [0, 0.05) is 24.0 Å². The van der Waals surface area contributed by atoms with E-state index in [0.717, 1.165) is 11.3 Å². The van der Waals surface area contributed by atoms with Crippen LogP contribution in [0.1, 0.15) is 0 Å². The Balaban J connectivity index is 2.37. The van der Waals surface area contributed by atoms with Crippen molar-refractivity contribution in [2.24, 2.45) is 0 Å². The highest BCUT2D eigenvalue weighted by Crippen LogP contribution is 2.18. The van der Waals surface area contributed by atoms with Crippen molar-refractivity contribution in [3.63, 3.8) is 0 Å². The Morgan fingerprint density at radius 3 is 2.67 bits per heavy atom. The lowest BCUT2D eigenvalue weighted by Crippen LogP contribution is -1.89. The van der Waals surface area contributed by atoms with Crippen LogP contribution in [0.3, 0.4) is 0 Å². The molecule has 0 saturated heterocycles. The fourth-order valence-electron chi connectivity index (χ4n) is 1.15. The molecule has 2 rings (SSSR count). The standard InChI is InChI=1S/C10H8ClN3O/c1-15-9-3-2-7(6-13-9)8-4-5-12-10(11)14-8/h2-6H,1H3. The Hall–Kier alpha value is -1.68. The van der Waals surface area contributed by atoms with Crippen molar-refractivity contribution in [3.8, 4) is 17.1 Å². The van der Waals surface area contributed by atoms with E-state index in [4.69, 9.17) is 16.3 Å². The molecule has 0 aliphatic carbocycles. The molecule has 0 radical (unpaired) electrons. The van der Waals surface area contributed by atoms with Gasteiger partial charge < -0.3 is 4.74 Å². The fraction of sp³-hybridized carbons (Fsp3) is 0.100. The molecular formula is C10H8ClN3O. The summed E-state index contributed by atoms with van der Waals surface area (Å²) in [5.41, 5.74) is 1.62. The summed E-state index contributed by atoms with van der Waals surface area (Å²) in [5, 5.41) is 0.225. The monoisotopic (exact) mass is 221 g/mol. The molecule has 0 spiro atoms. The average molecular weight is 222 g/mol. The molecule has 0 amide bonds. The van der Waals surface area contributed by atoms with Crippen LogP contribution in [0.15, 0.2) is 30.6 Å². The minimum absolute atomic E-state index is 0.225. The predicted octanol–water partition coefficient (Wildman–Crippen LogP) is 2.20. The van der Waals surface area contributed by atoms with E-state index in [1.54, 1.807) is 31.6 Å². The molecule has 0 fully saturated rings. The Morgan fingerprint density at radius 1 is 1.20 bits per heavy atom. The Morgan fingerprint density at radius 2 is 2.07 bits per heavy atom. The molecule has 0 unspecified atom stereocenters. The van der Waals surface area contributed by atoms with Crippen LogP contribution in [0.4, 0.5) is 0 Å². The summed E-state index contributed by atoms with van der Waals surface area (Å²) in [6.45, 7) is 0. The van der Waals surface area contributed by atoms with Crippen LogP contribution in [0.2, 0.25) is 5.28 Å². The molecule has 76 valence electrons. The number of hydrogen-bond donors (Lipinski definition) is 0. The Bertz CT molecular complexity index is 458. The van der Waals surface area contributed by atoms with Crippen molar-refractivity contribution in [3.05, 3.63) is 35.9 Å². The molecule has 0 aromatic carbocycles. The molecule has 5 heteroatoms. The maximum atomic E-state index is 5.69. The number of rotatable bonds is 2. The minimum atomic E-state index is 0.225. The summed E-state index contributed by atoms with van der Waals surface area (Å²) in [6.07, 6.45) is 3.28. The van der Waals surface area contributed by atoms with Crippen LogP contribution < -0.4 is 4.74 Å². The van der Waals surface area contributed by atoms with Gasteiger partial charge in [-0.25, -0.2) is 15.0 Å². The highest BCUT2D eigenvalue weighted by Gasteiger charge is 2.01. The van der Waals surface area contributed by atoms with E-state index in [2.05, 4.69) is 15.0 Å². The van der Waals surface area contributed by atoms with Crippen molar-refractivity contribution in [1.29, 1.82) is 0 Å². The quantitative estimate of drug-likeness (QED) is 0.730. The van der Waals surface area contributed by atoms with Gasteiger partial charge in [-0.2, -0.15) is 0 Å². The van der Waals surface area contributed by atoms with E-state index in [1.807, 2.05) is 6.07 Å². The summed E-state index contributed by atoms with van der Waals surface area (Å²) in [6, 6.07) is 5.41. The lowest BCUT2D eigenvalue weighted by atomic mass is 10.2. The van der Waals surface area contributed by atoms with Crippen molar-refractivity contribution < 1.29 is 4.74 Å². The third-order valence-corrected chi connectivity index (χ3v) is 2.05. The molecule has 2 aromatic heterocycles. The zero-order valence-corrected chi connectivity index (χ0v) is 8.77. The van der Waals surface area contributed by atoms with Crippen LogP contribution >= 0.6 is 11.6 Å². The largest absolute Gasteiger partial charge is 0.481 e. The maximum Gasteiger partial charge on any atom is 0.222 e. The first-order chi connectivity index (χ1) is 7.29. The Labute approximate surface area is 91.9 Å². The molecule has 0 atom stereocenters. The van der Waals surface area contributed by atoms with Gasteiger partial charge >= 0.3 is 0 Å². The topological polar surface area (TPSA) is 47.9 Å². The van der Waals surface area contributed by atoms with E-state index in [1.165, 1.54) is 0 Å². The van der Waals surface area contributed by atoms with Gasteiger partial charge in [0.05, 0.1) is 12.8 Å². The first-order valence-electron chi connectivity index (χ1n) is 4.28. The molecule has 2 aromatic rings. The molecule has 2 heterocycles. The van der Waals surface area contributed by atoms with Crippen LogP contribution in [0.5, 0.6) is 5.88 Å². The van der Waals surface area contributed by atoms with Crippen LogP contribution in [-0.2, 0) is 0 Å². The summed E-state index contributed by atoms with van der Waals surface area (Å²) in [7, 11) is 1.57. The van der Waals surface area contributed by atoms with E-state index < -0.39 is 0 Å². The van der Waals surface area contributed by atoms with Crippen molar-refractivity contribution in [2.45, 2.75) is 0 Å². The first kappa shape index (κ1) is 9.86. The summed E-state index contributed by atoms with van der Waals surface area (Å²) in [4.78, 5) is 12.0. The summed E-state index contributed by atoms with van der Waals surface area (Å²) < 4.78 is 4.96. The minimum Gasteiger partial charge on any atom is -0.481 e. The molecular weight excluding hydrogens is 214 g/mol. The number of aromatic nitrogens is 3. The van der Waals surface area contributed by atoms with Gasteiger partial charge in [0.1, 0.15) is 0 Å². The van der Waals surface area contributed by atoms with Gasteiger partial charge in [-0.1, -0.05) is 0 Å². The number of nitrogens with zero attached hydrogens (tertiary/aromatic N) is 3. The molecule has 0 bridgehead atoms. The van der Waals surface area contributed by atoms with Gasteiger partial charge in [-0.3, -0.25) is 0 Å². The smallest absolute Gasteiger partial charge is 0.222 e. The second kappa shape index (κ2) is 4.23. The van der Waals surface area contributed by atoms with E-state index in [-0.39, 0.29) is 5.28 Å². The lowest BCUT2D eigenvalue weighted by Gasteiger charge is -2.01. The van der Waals surface area contributed by atoms with Crippen molar-refractivity contribution in [2.75, 3.05) is 7.11 Å². The third-order valence-electron chi connectivity index (χ3n) is 1.87. The lowest BCUT2D eigenvalue weighted by molar-refractivity contribution is 0.398. The first-order valence-corrected chi connectivity index (χ1v) is 4.66. The second-order valence-electron chi connectivity index (χ2n) is 2.80. The Kier molecular flexibility index (Phi) is 2.78. The van der Waals surface area contributed by atoms with Gasteiger partial charge in [0.2, 0.25) is 11.2 Å². The van der Waals surface area contributed by atoms with Crippen LogP contribution in [-0.4, -0.2) is 22.1 Å². The number of methoxy groups -OCH3 is 1. The molecule has 0 N–H and O–H groups in total. The van der Waals surface area contributed by atoms with Crippen molar-refractivity contribution in [1.82, 2.24) is 15.0 Å². The van der Waals surface area contributed by atoms with Gasteiger partial charge in [0.25, 0.3) is 0 Å². The van der Waals surface area contributed by atoms with Gasteiger partial charge in [-0.15, -0.1) is 0 Å². The highest BCUT2D eigenvalue weighted by atomic mass is 35.5. The normalized spacial score (nSPS) is 10.0. The fourth-order valence-corrected chi connectivity index (χ4v) is 1.30. The van der Waals surface area contributed by atoms with Gasteiger partial charge in [-0.05, 0) is 23.7 Å². The average Bonchev–Trinajstić information content (AvgIpc) is 2.29. The zero-order valence-electron chi connectivity index (χ0n) is 8.01. The molecule has 15 heavy (non-hydrogen) atoms. The van der Waals surface area contributed by atoms with E-state index in [9.17, 15) is 0 Å². The van der Waals surface area contributed by atoms with Gasteiger partial charge in [0.15, 0.2) is 0 Å². The molecule has 0 aliphatic heterocycles. The SMILES string of the molecule is COc1ccc(-c2ccnc(Cl)n2)cn1. The highest BCUT2D eigenvalue weighted by molar-refractivity contribution is 6.28. The number of halogens is 1. The summed E-state index contributed by atoms with van der Waals surface area (Å²) >= 11 is 5.69. The molecule has 4 nitrogen and oxygen atoms in total. The molecule has 0 aliphatic rings. The number of hydrogen-bond acceptors (Lipinski definition) is 4. The van der Waals surface area contributed by atoms with Crippen LogP contribution in [0.25, 0.3) is 11.3 Å². The van der Waals surface area contributed by atoms with E-state index >= 15 is 0 Å². The zero-order chi connectivity index (χ0) is 10.7. The maximum absolute atomic E-state index is 5.69.